The summed E-state index contributed by atoms with van der Waals surface area (Å²) in [7, 11) is 0. The van der Waals surface area contributed by atoms with Gasteiger partial charge < -0.3 is 0 Å². The Morgan fingerprint density at radius 2 is 1.35 bits per heavy atom. The zero-order valence-corrected chi connectivity index (χ0v) is 9.80. The number of alkyl halides is 6. The number of rotatable bonds is 2. The molecule has 0 bridgehead atoms. The zero-order valence-electron chi connectivity index (χ0n) is 9.04. The fourth-order valence-corrected chi connectivity index (χ4v) is 1.59. The van der Waals surface area contributed by atoms with Crippen LogP contribution in [0.5, 0.6) is 0 Å². The molecule has 0 aliphatic heterocycles. The lowest BCUT2D eigenvalue weighted by Crippen LogP contribution is -2.42. The van der Waals surface area contributed by atoms with Gasteiger partial charge in [-0.15, -0.1) is 0 Å². The highest BCUT2D eigenvalue weighted by molar-refractivity contribution is 6.34. The Labute approximate surface area is 111 Å². The molecule has 10 heteroatoms. The van der Waals surface area contributed by atoms with Crippen molar-refractivity contribution in [2.45, 2.75) is 12.4 Å². The lowest BCUT2D eigenvalue weighted by atomic mass is 9.96. The van der Waals surface area contributed by atoms with Gasteiger partial charge in [-0.1, -0.05) is 11.6 Å². The first kappa shape index (κ1) is 16.7. The number of benzene rings is 1. The lowest BCUT2D eigenvalue weighted by molar-refractivity contribution is -0.264. The van der Waals surface area contributed by atoms with Crippen LogP contribution in [0.25, 0.3) is 0 Å². The van der Waals surface area contributed by atoms with Crippen molar-refractivity contribution in [2.24, 2.45) is 5.92 Å². The summed E-state index contributed by atoms with van der Waals surface area (Å²) >= 11 is 5.18. The van der Waals surface area contributed by atoms with Gasteiger partial charge in [0.25, 0.3) is 0 Å². The van der Waals surface area contributed by atoms with Gasteiger partial charge in [-0.25, -0.2) is 8.78 Å². The molecule has 1 nitrogen and oxygen atoms in total. The topological polar surface area (TPSA) is 17.1 Å². The zero-order chi connectivity index (χ0) is 15.9. The summed E-state index contributed by atoms with van der Waals surface area (Å²) in [5, 5.41) is -1.05. The molecule has 0 aliphatic rings. The van der Waals surface area contributed by atoms with Crippen LogP contribution in [0.3, 0.4) is 0 Å². The van der Waals surface area contributed by atoms with Crippen molar-refractivity contribution in [3.8, 4) is 0 Å². The van der Waals surface area contributed by atoms with Gasteiger partial charge in [0.05, 0.1) is 5.02 Å². The van der Waals surface area contributed by atoms with E-state index in [2.05, 4.69) is 0 Å². The summed E-state index contributed by atoms with van der Waals surface area (Å²) in [5.74, 6) is -10.3. The van der Waals surface area contributed by atoms with Crippen LogP contribution in [0.1, 0.15) is 10.4 Å². The van der Waals surface area contributed by atoms with Crippen LogP contribution in [-0.4, -0.2) is 18.1 Å². The van der Waals surface area contributed by atoms with E-state index in [4.69, 9.17) is 11.6 Å². The molecule has 0 spiro atoms. The third kappa shape index (κ3) is 3.38. The summed E-state index contributed by atoms with van der Waals surface area (Å²) < 4.78 is 99.4. The molecule has 112 valence electrons. The van der Waals surface area contributed by atoms with E-state index in [0.717, 1.165) is 0 Å². The van der Waals surface area contributed by atoms with Crippen molar-refractivity contribution >= 4 is 17.4 Å². The SMILES string of the molecule is O=C(c1cc(F)c(F)cc1Cl)C(C(F)(F)F)C(F)(F)F. The van der Waals surface area contributed by atoms with Gasteiger partial charge in [-0.2, -0.15) is 26.3 Å². The second-order valence-corrected chi connectivity index (χ2v) is 4.03. The first-order valence-corrected chi connectivity index (χ1v) is 5.05. The van der Waals surface area contributed by atoms with Crippen LogP contribution in [0.4, 0.5) is 35.1 Å². The van der Waals surface area contributed by atoms with Crippen LogP contribution in [0.15, 0.2) is 12.1 Å². The van der Waals surface area contributed by atoms with Gasteiger partial charge in [-0.3, -0.25) is 4.79 Å². The third-order valence-corrected chi connectivity index (χ3v) is 2.50. The van der Waals surface area contributed by atoms with Crippen molar-refractivity contribution in [2.75, 3.05) is 0 Å². The van der Waals surface area contributed by atoms with Crippen LogP contribution >= 0.6 is 11.6 Å². The molecule has 1 aromatic rings. The minimum atomic E-state index is -5.94. The summed E-state index contributed by atoms with van der Waals surface area (Å²) in [6.07, 6.45) is -11.9. The fourth-order valence-electron chi connectivity index (χ4n) is 1.35. The number of carbonyl (C=O) groups excluding carboxylic acids is 1. The summed E-state index contributed by atoms with van der Waals surface area (Å²) in [6.45, 7) is 0. The van der Waals surface area contributed by atoms with Gasteiger partial charge in [0, 0.05) is 5.56 Å². The molecule has 0 atom stereocenters. The second kappa shape index (κ2) is 5.19. The molecule has 0 radical (unpaired) electrons. The highest BCUT2D eigenvalue weighted by Gasteiger charge is 2.61. The Kier molecular flexibility index (Phi) is 4.33. The molecule has 0 fully saturated rings. The molecule has 20 heavy (non-hydrogen) atoms. The molecular formula is C10H3ClF8O. The molecule has 0 heterocycles. The van der Waals surface area contributed by atoms with Crippen LogP contribution in [0.2, 0.25) is 5.02 Å². The van der Waals surface area contributed by atoms with E-state index in [1.165, 1.54) is 0 Å². The molecule has 0 amide bonds. The van der Waals surface area contributed by atoms with Crippen LogP contribution in [0, 0.1) is 17.6 Å². The van der Waals surface area contributed by atoms with E-state index in [0.29, 0.717) is 0 Å². The maximum atomic E-state index is 12.8. The minimum absolute atomic E-state index is 0.107. The van der Waals surface area contributed by atoms with Gasteiger partial charge >= 0.3 is 12.4 Å². The molecule has 0 unspecified atom stereocenters. The van der Waals surface area contributed by atoms with Gasteiger partial charge in [0.15, 0.2) is 17.4 Å². The van der Waals surface area contributed by atoms with Crippen LogP contribution in [-0.2, 0) is 0 Å². The number of carbonyl (C=O) groups is 1. The van der Waals surface area contributed by atoms with E-state index < -0.39 is 46.3 Å². The molecule has 0 N–H and O–H groups in total. The van der Waals surface area contributed by atoms with Gasteiger partial charge in [-0.05, 0) is 12.1 Å². The average molecular weight is 327 g/mol. The lowest BCUT2D eigenvalue weighted by Gasteiger charge is -2.22. The van der Waals surface area contributed by atoms with E-state index >= 15 is 0 Å². The van der Waals surface area contributed by atoms with Crippen molar-refractivity contribution < 1.29 is 39.9 Å². The molecule has 0 saturated heterocycles. The predicted molar refractivity (Wildman–Crippen MR) is 51.3 cm³/mol. The number of hydrogen-bond acceptors (Lipinski definition) is 1. The molecular weight excluding hydrogens is 324 g/mol. The minimum Gasteiger partial charge on any atom is -0.293 e. The van der Waals surface area contributed by atoms with Crippen molar-refractivity contribution in [3.05, 3.63) is 34.4 Å². The molecule has 0 aliphatic carbocycles. The maximum absolute atomic E-state index is 12.8. The number of hydrogen-bond donors (Lipinski definition) is 0. The van der Waals surface area contributed by atoms with Crippen LogP contribution < -0.4 is 0 Å². The smallest absolute Gasteiger partial charge is 0.293 e. The molecule has 0 saturated carbocycles. The van der Waals surface area contributed by atoms with Crippen molar-refractivity contribution in [3.63, 3.8) is 0 Å². The Balaban J connectivity index is 3.38. The van der Waals surface area contributed by atoms with Gasteiger partial charge in [0.2, 0.25) is 5.92 Å². The number of Topliss-reactive ketones (excluding diaryl/α,β-unsaturated/α-hetero) is 1. The second-order valence-electron chi connectivity index (χ2n) is 3.63. The van der Waals surface area contributed by atoms with Crippen molar-refractivity contribution in [1.29, 1.82) is 0 Å². The maximum Gasteiger partial charge on any atom is 0.407 e. The molecule has 0 aromatic heterocycles. The molecule has 1 rings (SSSR count). The van der Waals surface area contributed by atoms with E-state index in [1.54, 1.807) is 0 Å². The normalized spacial score (nSPS) is 12.9. The fraction of sp³-hybridized carbons (Fsp3) is 0.300. The molecule has 1 aromatic carbocycles. The average Bonchev–Trinajstić information content (AvgIpc) is 2.18. The first-order valence-electron chi connectivity index (χ1n) is 4.68. The summed E-state index contributed by atoms with van der Waals surface area (Å²) in [6, 6.07) is 0.0123. The highest BCUT2D eigenvalue weighted by Crippen LogP contribution is 2.42. The Hall–Kier alpha value is -1.38. The Bertz CT molecular complexity index is 519. The number of ketones is 1. The van der Waals surface area contributed by atoms with Crippen molar-refractivity contribution in [1.82, 2.24) is 0 Å². The third-order valence-electron chi connectivity index (χ3n) is 2.19. The highest BCUT2D eigenvalue weighted by atomic mass is 35.5. The monoisotopic (exact) mass is 326 g/mol. The first-order chi connectivity index (χ1) is 8.85. The van der Waals surface area contributed by atoms with Gasteiger partial charge in [0.1, 0.15) is 0 Å². The van der Waals surface area contributed by atoms with E-state index in [-0.39, 0.29) is 12.1 Å². The quantitative estimate of drug-likeness (QED) is 0.443. The largest absolute Gasteiger partial charge is 0.407 e. The summed E-state index contributed by atoms with van der Waals surface area (Å²) in [4.78, 5) is 11.3. The number of halogens is 9. The van der Waals surface area contributed by atoms with E-state index in [9.17, 15) is 39.9 Å². The Morgan fingerprint density at radius 1 is 0.950 bits per heavy atom. The van der Waals surface area contributed by atoms with E-state index in [1.807, 2.05) is 0 Å². The Morgan fingerprint density at radius 3 is 1.75 bits per heavy atom. The predicted octanol–water partition coefficient (Wildman–Crippen LogP) is 4.54. The summed E-state index contributed by atoms with van der Waals surface area (Å²) in [5.41, 5.74) is -1.40. The standard InChI is InChI=1S/C10H3ClF8O/c11-4-2-6(13)5(12)1-3(4)7(20)8(9(14,15)16)10(17,18)19/h1-2,8H.